The fraction of sp³-hybridized carbons (Fsp3) is 0.714. The second-order valence-corrected chi connectivity index (χ2v) is 2.20. The molecule has 0 aliphatic carbocycles. The summed E-state index contributed by atoms with van der Waals surface area (Å²) in [7, 11) is 0. The van der Waals surface area contributed by atoms with Crippen molar-refractivity contribution in [1.29, 1.82) is 0 Å². The normalized spacial score (nSPS) is 24.1. The van der Waals surface area contributed by atoms with Crippen LogP contribution in [0, 0.1) is 5.92 Å². The number of hydrogen-bond acceptors (Lipinski definition) is 2. The quantitative estimate of drug-likeness (QED) is 0.520. The van der Waals surface area contributed by atoms with E-state index in [1.165, 1.54) is 0 Å². The summed E-state index contributed by atoms with van der Waals surface area (Å²) in [5, 5.41) is 0. The molecule has 0 aromatic rings. The van der Waals surface area contributed by atoms with Crippen molar-refractivity contribution in [3.05, 3.63) is 12.7 Å². The molecule has 2 nitrogen and oxygen atoms in total. The van der Waals surface area contributed by atoms with Crippen LogP contribution in [-0.2, 0) is 9.47 Å². The number of ether oxygens (including phenoxy) is 2. The highest BCUT2D eigenvalue weighted by atomic mass is 16.7. The van der Waals surface area contributed by atoms with Crippen molar-refractivity contribution in [2.24, 2.45) is 5.92 Å². The first-order chi connectivity index (χ1) is 4.34. The molecule has 1 atom stereocenters. The lowest BCUT2D eigenvalue weighted by Crippen LogP contribution is -2.15. The Kier molecular flexibility index (Phi) is 2.25. The van der Waals surface area contributed by atoms with Crippen LogP contribution in [0.1, 0.15) is 6.92 Å². The van der Waals surface area contributed by atoms with E-state index < -0.39 is 0 Å². The molecule has 0 aromatic heterocycles. The minimum Gasteiger partial charge on any atom is -0.350 e. The van der Waals surface area contributed by atoms with E-state index in [0.717, 1.165) is 13.2 Å². The van der Waals surface area contributed by atoms with Crippen LogP contribution in [0.15, 0.2) is 12.7 Å². The summed E-state index contributed by atoms with van der Waals surface area (Å²) in [6.07, 6.45) is 1.80. The Hall–Kier alpha value is -0.340. The van der Waals surface area contributed by atoms with Gasteiger partial charge in [-0.2, -0.15) is 0 Å². The molecule has 0 bridgehead atoms. The summed E-state index contributed by atoms with van der Waals surface area (Å²) >= 11 is 0. The first-order valence-corrected chi connectivity index (χ1v) is 3.20. The van der Waals surface area contributed by atoms with E-state index in [0.29, 0.717) is 5.92 Å². The van der Waals surface area contributed by atoms with E-state index in [4.69, 9.17) is 9.47 Å². The molecule has 52 valence electrons. The molecule has 1 rings (SSSR count). The molecule has 0 saturated carbocycles. The maximum Gasteiger partial charge on any atom is 0.163 e. The van der Waals surface area contributed by atoms with E-state index >= 15 is 0 Å². The highest BCUT2D eigenvalue weighted by molar-refractivity contribution is 4.78. The van der Waals surface area contributed by atoms with Crippen molar-refractivity contribution in [3.8, 4) is 0 Å². The fourth-order valence-electron chi connectivity index (χ4n) is 0.791. The van der Waals surface area contributed by atoms with Crippen LogP contribution in [0.2, 0.25) is 0 Å². The number of hydrogen-bond donors (Lipinski definition) is 0. The smallest absolute Gasteiger partial charge is 0.163 e. The van der Waals surface area contributed by atoms with E-state index in [1.54, 1.807) is 0 Å². The molecule has 1 heterocycles. The summed E-state index contributed by atoms with van der Waals surface area (Å²) in [5.41, 5.74) is 0. The molecule has 0 spiro atoms. The molecule has 1 fully saturated rings. The lowest BCUT2D eigenvalue weighted by molar-refractivity contribution is -0.0656. The van der Waals surface area contributed by atoms with Crippen LogP contribution in [-0.4, -0.2) is 19.5 Å². The molecule has 1 aliphatic rings. The van der Waals surface area contributed by atoms with Gasteiger partial charge < -0.3 is 9.47 Å². The highest BCUT2D eigenvalue weighted by Crippen LogP contribution is 2.14. The molecule has 1 unspecified atom stereocenters. The Morgan fingerprint density at radius 3 is 2.56 bits per heavy atom. The van der Waals surface area contributed by atoms with Crippen molar-refractivity contribution in [1.82, 2.24) is 0 Å². The van der Waals surface area contributed by atoms with Gasteiger partial charge in [0.15, 0.2) is 6.29 Å². The maximum absolute atomic E-state index is 5.21. The van der Waals surface area contributed by atoms with E-state index in [1.807, 2.05) is 13.0 Å². The van der Waals surface area contributed by atoms with E-state index in [9.17, 15) is 0 Å². The summed E-state index contributed by atoms with van der Waals surface area (Å²) in [5.74, 6) is 0.312. The zero-order valence-corrected chi connectivity index (χ0v) is 5.67. The zero-order valence-electron chi connectivity index (χ0n) is 5.67. The van der Waals surface area contributed by atoms with Gasteiger partial charge in [0.2, 0.25) is 0 Å². The third-order valence-electron chi connectivity index (χ3n) is 1.45. The minimum absolute atomic E-state index is 0.0394. The molecular formula is C7H12O2. The van der Waals surface area contributed by atoms with Crippen LogP contribution >= 0.6 is 0 Å². The Balaban J connectivity index is 2.32. The first kappa shape index (κ1) is 6.78. The summed E-state index contributed by atoms with van der Waals surface area (Å²) in [6, 6.07) is 0. The van der Waals surface area contributed by atoms with Crippen LogP contribution < -0.4 is 0 Å². The molecule has 2 heteroatoms. The van der Waals surface area contributed by atoms with E-state index in [-0.39, 0.29) is 6.29 Å². The standard InChI is InChI=1S/C7H12O2/c1-3-6(2)7-8-4-5-9-7/h3,6-7H,1,4-5H2,2H3. The molecule has 0 amide bonds. The lowest BCUT2D eigenvalue weighted by atomic mass is 10.2. The Labute approximate surface area is 55.5 Å². The van der Waals surface area contributed by atoms with Gasteiger partial charge in [-0.05, 0) is 0 Å². The van der Waals surface area contributed by atoms with E-state index in [2.05, 4.69) is 6.58 Å². The average molecular weight is 128 g/mol. The minimum atomic E-state index is -0.0394. The largest absolute Gasteiger partial charge is 0.350 e. The van der Waals surface area contributed by atoms with Crippen molar-refractivity contribution < 1.29 is 9.47 Å². The predicted octanol–water partition coefficient (Wildman–Crippen LogP) is 1.18. The number of rotatable bonds is 2. The molecule has 0 radical (unpaired) electrons. The molecule has 0 N–H and O–H groups in total. The first-order valence-electron chi connectivity index (χ1n) is 3.20. The van der Waals surface area contributed by atoms with Crippen LogP contribution in [0.3, 0.4) is 0 Å². The summed E-state index contributed by atoms with van der Waals surface area (Å²) in [4.78, 5) is 0. The molecule has 9 heavy (non-hydrogen) atoms. The molecule has 1 saturated heterocycles. The van der Waals surface area contributed by atoms with Gasteiger partial charge in [0.25, 0.3) is 0 Å². The van der Waals surface area contributed by atoms with Gasteiger partial charge >= 0.3 is 0 Å². The van der Waals surface area contributed by atoms with Gasteiger partial charge in [0, 0.05) is 5.92 Å². The third-order valence-corrected chi connectivity index (χ3v) is 1.45. The van der Waals surface area contributed by atoms with Crippen LogP contribution in [0.25, 0.3) is 0 Å². The second-order valence-electron chi connectivity index (χ2n) is 2.20. The average Bonchev–Trinajstić information content (AvgIpc) is 2.37. The summed E-state index contributed by atoms with van der Waals surface area (Å²) < 4.78 is 10.4. The van der Waals surface area contributed by atoms with Crippen molar-refractivity contribution in [2.45, 2.75) is 13.2 Å². The van der Waals surface area contributed by atoms with Crippen molar-refractivity contribution in [3.63, 3.8) is 0 Å². The molecule has 0 aromatic carbocycles. The Bertz CT molecular complexity index is 95.1. The van der Waals surface area contributed by atoms with Gasteiger partial charge in [-0.1, -0.05) is 13.0 Å². The summed E-state index contributed by atoms with van der Waals surface area (Å²) in [6.45, 7) is 7.13. The van der Waals surface area contributed by atoms with Gasteiger partial charge in [0.05, 0.1) is 13.2 Å². The Morgan fingerprint density at radius 2 is 2.11 bits per heavy atom. The van der Waals surface area contributed by atoms with Crippen LogP contribution in [0.4, 0.5) is 0 Å². The van der Waals surface area contributed by atoms with Gasteiger partial charge in [-0.15, -0.1) is 6.58 Å². The third kappa shape index (κ3) is 1.53. The monoisotopic (exact) mass is 128 g/mol. The zero-order chi connectivity index (χ0) is 6.69. The Morgan fingerprint density at radius 1 is 1.56 bits per heavy atom. The maximum atomic E-state index is 5.21. The fourth-order valence-corrected chi connectivity index (χ4v) is 0.791. The van der Waals surface area contributed by atoms with Crippen molar-refractivity contribution >= 4 is 0 Å². The van der Waals surface area contributed by atoms with Crippen LogP contribution in [0.5, 0.6) is 0 Å². The van der Waals surface area contributed by atoms with Crippen molar-refractivity contribution in [2.75, 3.05) is 13.2 Å². The second kappa shape index (κ2) is 2.99. The SMILES string of the molecule is C=CC(C)C1OCCO1. The molecular weight excluding hydrogens is 116 g/mol. The highest BCUT2D eigenvalue weighted by Gasteiger charge is 2.19. The lowest BCUT2D eigenvalue weighted by Gasteiger charge is -2.12. The molecule has 1 aliphatic heterocycles. The van der Waals surface area contributed by atoms with Gasteiger partial charge in [-0.25, -0.2) is 0 Å². The topological polar surface area (TPSA) is 18.5 Å². The van der Waals surface area contributed by atoms with Gasteiger partial charge in [0.1, 0.15) is 0 Å². The predicted molar refractivity (Wildman–Crippen MR) is 35.1 cm³/mol. The van der Waals surface area contributed by atoms with Gasteiger partial charge in [-0.3, -0.25) is 0 Å².